The summed E-state index contributed by atoms with van der Waals surface area (Å²) in [6, 6.07) is 48.9. The minimum absolute atomic E-state index is 0.332. The van der Waals surface area contributed by atoms with Crippen molar-refractivity contribution < 1.29 is 4.42 Å². The van der Waals surface area contributed by atoms with E-state index < -0.39 is 0 Å². The molecule has 2 aliphatic carbocycles. The third-order valence-electron chi connectivity index (χ3n) is 9.31. The van der Waals surface area contributed by atoms with Gasteiger partial charge in [0.25, 0.3) is 0 Å². The molecule has 0 fully saturated rings. The predicted octanol–water partition coefficient (Wildman–Crippen LogP) is 10.8. The van der Waals surface area contributed by atoms with Gasteiger partial charge in [-0.3, -0.25) is 0 Å². The van der Waals surface area contributed by atoms with Gasteiger partial charge in [-0.15, -0.1) is 11.3 Å². The first-order valence-corrected chi connectivity index (χ1v) is 14.9. The van der Waals surface area contributed by atoms with Crippen LogP contribution in [0.3, 0.4) is 0 Å². The van der Waals surface area contributed by atoms with Crippen molar-refractivity contribution in [3.63, 3.8) is 0 Å². The first-order chi connectivity index (χ1) is 20.3. The lowest BCUT2D eigenvalue weighted by atomic mass is 9.70. The Morgan fingerprint density at radius 2 is 1.17 bits per heavy atom. The Kier molecular flexibility index (Phi) is 4.07. The quantitative estimate of drug-likeness (QED) is 0.213. The fraction of sp³-hybridized carbons (Fsp3) is 0.0256. The van der Waals surface area contributed by atoms with E-state index in [0.717, 1.165) is 27.5 Å². The molecule has 6 aromatic carbocycles. The first-order valence-electron chi connectivity index (χ1n) is 14.1. The average molecular weight is 539 g/mol. The number of hydrogen-bond donors (Lipinski definition) is 0. The van der Waals surface area contributed by atoms with Gasteiger partial charge in [-0.1, -0.05) is 121 Å². The molecular formula is C39H22OS. The van der Waals surface area contributed by atoms with Crippen molar-refractivity contribution in [2.75, 3.05) is 0 Å². The number of benzene rings is 6. The van der Waals surface area contributed by atoms with Crippen molar-refractivity contribution in [3.8, 4) is 32.7 Å². The summed E-state index contributed by atoms with van der Waals surface area (Å²) >= 11 is 1.93. The van der Waals surface area contributed by atoms with Crippen molar-refractivity contribution in [3.05, 3.63) is 156 Å². The van der Waals surface area contributed by atoms with E-state index in [0.29, 0.717) is 0 Å². The van der Waals surface area contributed by atoms with Gasteiger partial charge >= 0.3 is 0 Å². The zero-order chi connectivity index (χ0) is 26.7. The largest absolute Gasteiger partial charge is 0.455 e. The van der Waals surface area contributed by atoms with Crippen LogP contribution in [0.1, 0.15) is 22.3 Å². The number of fused-ring (bicyclic) bond motifs is 11. The molecule has 8 aromatic rings. The Morgan fingerprint density at radius 1 is 0.488 bits per heavy atom. The number of hydrogen-bond acceptors (Lipinski definition) is 2. The average Bonchev–Trinajstić information content (AvgIpc) is 3.76. The molecule has 41 heavy (non-hydrogen) atoms. The third kappa shape index (κ3) is 2.58. The Balaban J connectivity index is 1.26. The van der Waals surface area contributed by atoms with Crippen LogP contribution in [-0.4, -0.2) is 0 Å². The van der Waals surface area contributed by atoms with Crippen molar-refractivity contribution in [1.29, 1.82) is 0 Å². The second kappa shape index (κ2) is 7.63. The van der Waals surface area contributed by atoms with E-state index in [1.807, 2.05) is 17.4 Å². The molecule has 1 atom stereocenters. The highest BCUT2D eigenvalue weighted by Crippen LogP contribution is 2.67. The maximum atomic E-state index is 6.40. The molecule has 2 aromatic heterocycles. The standard InChI is InChI=1S/C39H22OS/c1-4-16-32-26(9-1)28-13-8-15-31-35(28)39(32,36-30-11-3-6-18-34(30)41-38(31)36)24-21-19-23(20-22-24)25-12-7-14-29-27-10-2-5-17-33(27)40-37(25)29/h1-22H. The molecule has 0 saturated heterocycles. The molecule has 10 rings (SSSR count). The van der Waals surface area contributed by atoms with Gasteiger partial charge in [0.2, 0.25) is 0 Å². The minimum Gasteiger partial charge on any atom is -0.455 e. The second-order valence-corrected chi connectivity index (χ2v) is 12.2. The van der Waals surface area contributed by atoms with Crippen LogP contribution in [0.25, 0.3) is 64.7 Å². The molecule has 1 nitrogen and oxygen atoms in total. The lowest BCUT2D eigenvalue weighted by molar-refractivity contribution is 0.670. The van der Waals surface area contributed by atoms with E-state index in [4.69, 9.17) is 4.42 Å². The summed E-state index contributed by atoms with van der Waals surface area (Å²) < 4.78 is 7.75. The Morgan fingerprint density at radius 3 is 2.10 bits per heavy atom. The first kappa shape index (κ1) is 21.8. The summed E-state index contributed by atoms with van der Waals surface area (Å²) in [7, 11) is 0. The Bertz CT molecular complexity index is 2370. The van der Waals surface area contributed by atoms with Crippen LogP contribution in [0.15, 0.2) is 138 Å². The SMILES string of the molecule is c1ccc2c(c1)-c1cccc3c1C2(c1ccc(-c2cccc4c2oc2ccccc24)cc1)c1c-3sc2ccccc12. The second-order valence-electron chi connectivity index (χ2n) is 11.2. The van der Waals surface area contributed by atoms with E-state index in [1.54, 1.807) is 0 Å². The van der Waals surface area contributed by atoms with Gasteiger partial charge in [0.1, 0.15) is 11.2 Å². The summed E-state index contributed by atoms with van der Waals surface area (Å²) in [5.74, 6) is 0. The van der Waals surface area contributed by atoms with Crippen LogP contribution in [0.5, 0.6) is 0 Å². The van der Waals surface area contributed by atoms with Gasteiger partial charge < -0.3 is 4.42 Å². The van der Waals surface area contributed by atoms with E-state index in [2.05, 4.69) is 127 Å². The topological polar surface area (TPSA) is 13.1 Å². The normalized spacial score (nSPS) is 16.4. The molecule has 0 radical (unpaired) electrons. The van der Waals surface area contributed by atoms with Crippen LogP contribution in [0.4, 0.5) is 0 Å². The van der Waals surface area contributed by atoms with Crippen LogP contribution >= 0.6 is 11.3 Å². The molecule has 2 heteroatoms. The predicted molar refractivity (Wildman–Crippen MR) is 171 cm³/mol. The molecule has 0 aliphatic heterocycles. The molecule has 0 amide bonds. The molecule has 0 N–H and O–H groups in total. The Labute approximate surface area is 240 Å². The van der Waals surface area contributed by atoms with Crippen molar-refractivity contribution in [1.82, 2.24) is 0 Å². The number of rotatable bonds is 2. The van der Waals surface area contributed by atoms with Gasteiger partial charge in [0.05, 0.1) is 5.41 Å². The van der Waals surface area contributed by atoms with Gasteiger partial charge in [-0.2, -0.15) is 0 Å². The van der Waals surface area contributed by atoms with Crippen molar-refractivity contribution in [2.45, 2.75) is 5.41 Å². The molecular weight excluding hydrogens is 516 g/mol. The van der Waals surface area contributed by atoms with E-state index >= 15 is 0 Å². The van der Waals surface area contributed by atoms with Gasteiger partial charge in [0, 0.05) is 25.9 Å². The maximum Gasteiger partial charge on any atom is 0.143 e. The summed E-state index contributed by atoms with van der Waals surface area (Å²) in [5, 5.41) is 3.69. The minimum atomic E-state index is -0.332. The highest BCUT2D eigenvalue weighted by molar-refractivity contribution is 7.22. The number of para-hydroxylation sites is 2. The fourth-order valence-corrected chi connectivity index (χ4v) is 9.03. The Hall–Kier alpha value is -4.92. The number of thiophene rings is 1. The summed E-state index contributed by atoms with van der Waals surface area (Å²) in [4.78, 5) is 1.41. The highest BCUT2D eigenvalue weighted by Gasteiger charge is 2.54. The molecule has 2 heterocycles. The van der Waals surface area contributed by atoms with E-state index in [9.17, 15) is 0 Å². The van der Waals surface area contributed by atoms with Crippen molar-refractivity contribution >= 4 is 43.4 Å². The zero-order valence-electron chi connectivity index (χ0n) is 22.0. The molecule has 0 saturated carbocycles. The lowest BCUT2D eigenvalue weighted by Crippen LogP contribution is -2.26. The van der Waals surface area contributed by atoms with Crippen LogP contribution in [0, 0.1) is 0 Å². The smallest absolute Gasteiger partial charge is 0.143 e. The zero-order valence-corrected chi connectivity index (χ0v) is 22.8. The summed E-state index contributed by atoms with van der Waals surface area (Å²) in [5.41, 5.74) is 13.5. The molecule has 2 aliphatic rings. The lowest BCUT2D eigenvalue weighted by Gasteiger charge is -2.31. The third-order valence-corrected chi connectivity index (χ3v) is 10.5. The van der Waals surface area contributed by atoms with Gasteiger partial charge in [0.15, 0.2) is 0 Å². The highest BCUT2D eigenvalue weighted by atomic mass is 32.1. The number of furan rings is 1. The van der Waals surface area contributed by atoms with E-state index in [-0.39, 0.29) is 5.41 Å². The van der Waals surface area contributed by atoms with E-state index in [1.165, 1.54) is 59.5 Å². The monoisotopic (exact) mass is 538 g/mol. The maximum absolute atomic E-state index is 6.40. The molecule has 1 unspecified atom stereocenters. The molecule has 0 bridgehead atoms. The summed E-state index contributed by atoms with van der Waals surface area (Å²) in [6.07, 6.45) is 0. The molecule has 0 spiro atoms. The van der Waals surface area contributed by atoms with Crippen LogP contribution in [-0.2, 0) is 5.41 Å². The van der Waals surface area contributed by atoms with Gasteiger partial charge in [-0.25, -0.2) is 0 Å². The van der Waals surface area contributed by atoms with Crippen LogP contribution in [0.2, 0.25) is 0 Å². The molecule has 190 valence electrons. The fourth-order valence-electron chi connectivity index (χ4n) is 7.74. The van der Waals surface area contributed by atoms with Crippen LogP contribution < -0.4 is 0 Å². The van der Waals surface area contributed by atoms with Crippen molar-refractivity contribution in [2.24, 2.45) is 0 Å². The van der Waals surface area contributed by atoms with Gasteiger partial charge in [-0.05, 0) is 62.0 Å². The summed E-state index contributed by atoms with van der Waals surface area (Å²) in [6.45, 7) is 0.